The molecule has 8 nitrogen and oxygen atoms in total. The normalized spacial score (nSPS) is 15.1. The van der Waals surface area contributed by atoms with Gasteiger partial charge in [0.25, 0.3) is 0 Å². The first-order valence-electron chi connectivity index (χ1n) is 8.86. The third-order valence-corrected chi connectivity index (χ3v) is 4.73. The second-order valence-corrected chi connectivity index (χ2v) is 6.33. The van der Waals surface area contributed by atoms with Gasteiger partial charge < -0.3 is 15.0 Å². The van der Waals surface area contributed by atoms with Gasteiger partial charge in [0, 0.05) is 56.9 Å². The van der Waals surface area contributed by atoms with Crippen LogP contribution in [-0.2, 0) is 0 Å². The predicted molar refractivity (Wildman–Crippen MR) is 105 cm³/mol. The zero-order valence-corrected chi connectivity index (χ0v) is 15.2. The molecule has 1 saturated heterocycles. The molecule has 1 aliphatic rings. The van der Waals surface area contributed by atoms with Gasteiger partial charge in [0.1, 0.15) is 11.6 Å². The third kappa shape index (κ3) is 3.43. The van der Waals surface area contributed by atoms with E-state index in [0.29, 0.717) is 18.1 Å². The van der Waals surface area contributed by atoms with Crippen molar-refractivity contribution >= 4 is 22.9 Å². The van der Waals surface area contributed by atoms with Crippen molar-refractivity contribution in [3.63, 3.8) is 0 Å². The molecular weight excluding hydrogens is 342 g/mol. The first-order chi connectivity index (χ1) is 13.3. The van der Waals surface area contributed by atoms with Gasteiger partial charge >= 0.3 is 0 Å². The monoisotopic (exact) mass is 363 g/mol. The van der Waals surface area contributed by atoms with E-state index in [0.717, 1.165) is 48.5 Å². The Bertz CT molecular complexity index is 939. The number of anilines is 1. The second-order valence-electron chi connectivity index (χ2n) is 6.33. The molecule has 0 spiro atoms. The molecule has 0 aliphatic carbocycles. The van der Waals surface area contributed by atoms with E-state index in [1.54, 1.807) is 31.9 Å². The van der Waals surface area contributed by atoms with Gasteiger partial charge in [-0.15, -0.1) is 0 Å². The summed E-state index contributed by atoms with van der Waals surface area (Å²) < 4.78 is 5.54. The van der Waals surface area contributed by atoms with Gasteiger partial charge in [-0.05, 0) is 12.1 Å². The average Bonchev–Trinajstić information content (AvgIpc) is 2.74. The zero-order chi connectivity index (χ0) is 18.6. The Morgan fingerprint density at radius 3 is 2.56 bits per heavy atom. The van der Waals surface area contributed by atoms with E-state index in [-0.39, 0.29) is 0 Å². The first-order valence-corrected chi connectivity index (χ1v) is 8.86. The molecule has 1 N–H and O–H groups in total. The van der Waals surface area contributed by atoms with Crippen molar-refractivity contribution in [3.8, 4) is 17.1 Å². The molecule has 0 saturated carbocycles. The standard InChI is InChI=1S/C19H21N7O/c1-27-16-13-22-12-15-17(16)19(26-10-8-25(7-4-20)9-11-26)24-18(23-15)14-2-5-21-6-3-14/h2-6,12-13,20H,7-11H2,1H3. The van der Waals surface area contributed by atoms with Gasteiger partial charge in [-0.25, -0.2) is 9.97 Å². The minimum atomic E-state index is 0.650. The van der Waals surface area contributed by atoms with Crippen molar-refractivity contribution in [2.75, 3.05) is 44.7 Å². The quantitative estimate of drug-likeness (QED) is 0.692. The molecule has 3 aromatic heterocycles. The molecular formula is C19H21N7O. The van der Waals surface area contributed by atoms with Crippen LogP contribution in [0.1, 0.15) is 0 Å². The number of pyridine rings is 2. The van der Waals surface area contributed by atoms with E-state index < -0.39 is 0 Å². The Morgan fingerprint density at radius 2 is 1.85 bits per heavy atom. The molecule has 0 unspecified atom stereocenters. The molecule has 4 heterocycles. The van der Waals surface area contributed by atoms with Crippen molar-refractivity contribution in [2.24, 2.45) is 0 Å². The fraction of sp³-hybridized carbons (Fsp3) is 0.316. The fourth-order valence-corrected chi connectivity index (χ4v) is 3.32. The summed E-state index contributed by atoms with van der Waals surface area (Å²) in [6.45, 7) is 4.13. The number of methoxy groups -OCH3 is 1. The maximum atomic E-state index is 7.31. The molecule has 0 amide bonds. The van der Waals surface area contributed by atoms with Crippen LogP contribution in [0.2, 0.25) is 0 Å². The summed E-state index contributed by atoms with van der Waals surface area (Å²) in [7, 11) is 1.64. The van der Waals surface area contributed by atoms with E-state index in [1.165, 1.54) is 6.21 Å². The van der Waals surface area contributed by atoms with Crippen LogP contribution < -0.4 is 9.64 Å². The molecule has 0 aromatic carbocycles. The summed E-state index contributed by atoms with van der Waals surface area (Å²) in [5.41, 5.74) is 1.67. The van der Waals surface area contributed by atoms with E-state index in [9.17, 15) is 0 Å². The van der Waals surface area contributed by atoms with E-state index in [4.69, 9.17) is 20.1 Å². The Labute approximate surface area is 157 Å². The Kier molecular flexibility index (Phi) is 4.88. The van der Waals surface area contributed by atoms with Crippen LogP contribution in [0.15, 0.2) is 36.9 Å². The highest BCUT2D eigenvalue weighted by molar-refractivity contribution is 5.95. The molecule has 3 aromatic rings. The molecule has 0 bridgehead atoms. The van der Waals surface area contributed by atoms with Gasteiger partial charge in [-0.2, -0.15) is 0 Å². The third-order valence-electron chi connectivity index (χ3n) is 4.73. The molecule has 1 aliphatic heterocycles. The molecule has 0 radical (unpaired) electrons. The lowest BCUT2D eigenvalue weighted by molar-refractivity contribution is 0.293. The van der Waals surface area contributed by atoms with Crippen LogP contribution in [0.4, 0.5) is 5.82 Å². The molecule has 0 atom stereocenters. The summed E-state index contributed by atoms with van der Waals surface area (Å²) in [4.78, 5) is 22.5. The van der Waals surface area contributed by atoms with Gasteiger partial charge in [-0.3, -0.25) is 14.9 Å². The first kappa shape index (κ1) is 17.3. The molecule has 1 fully saturated rings. The highest BCUT2D eigenvalue weighted by Gasteiger charge is 2.22. The molecule has 8 heteroatoms. The van der Waals surface area contributed by atoms with Crippen LogP contribution in [0, 0.1) is 5.41 Å². The van der Waals surface area contributed by atoms with Gasteiger partial charge in [0.2, 0.25) is 0 Å². The topological polar surface area (TPSA) is 91.1 Å². The Hall–Kier alpha value is -3.13. The van der Waals surface area contributed by atoms with E-state index in [2.05, 4.69) is 19.8 Å². The van der Waals surface area contributed by atoms with Crippen LogP contribution >= 0.6 is 0 Å². The second kappa shape index (κ2) is 7.63. The summed E-state index contributed by atoms with van der Waals surface area (Å²) in [6, 6.07) is 3.81. The minimum Gasteiger partial charge on any atom is -0.494 e. The number of nitrogens with one attached hydrogen (secondary N) is 1. The SMILES string of the molecule is COc1cncc2nc(-c3ccncc3)nc(N3CCN(CC=N)CC3)c12. The van der Waals surface area contributed by atoms with E-state index >= 15 is 0 Å². The number of ether oxygens (including phenoxy) is 1. The number of hydrogen-bond acceptors (Lipinski definition) is 8. The highest BCUT2D eigenvalue weighted by Crippen LogP contribution is 2.33. The largest absolute Gasteiger partial charge is 0.494 e. The lowest BCUT2D eigenvalue weighted by Gasteiger charge is -2.35. The summed E-state index contributed by atoms with van der Waals surface area (Å²) >= 11 is 0. The number of nitrogens with zero attached hydrogens (tertiary/aromatic N) is 6. The van der Waals surface area contributed by atoms with Crippen molar-refractivity contribution in [2.45, 2.75) is 0 Å². The van der Waals surface area contributed by atoms with Crippen LogP contribution in [0.25, 0.3) is 22.3 Å². The smallest absolute Gasteiger partial charge is 0.162 e. The number of aromatic nitrogens is 4. The number of rotatable bonds is 5. The number of hydrogen-bond donors (Lipinski definition) is 1. The lowest BCUT2D eigenvalue weighted by Crippen LogP contribution is -2.47. The number of piperazine rings is 1. The predicted octanol–water partition coefficient (Wildman–Crippen LogP) is 1.87. The maximum absolute atomic E-state index is 7.31. The molecule has 27 heavy (non-hydrogen) atoms. The Balaban J connectivity index is 1.80. The minimum absolute atomic E-state index is 0.650. The summed E-state index contributed by atoms with van der Waals surface area (Å²) in [6.07, 6.45) is 8.38. The van der Waals surface area contributed by atoms with Crippen LogP contribution in [0.3, 0.4) is 0 Å². The van der Waals surface area contributed by atoms with Crippen LogP contribution in [0.5, 0.6) is 5.75 Å². The van der Waals surface area contributed by atoms with Crippen molar-refractivity contribution < 1.29 is 4.74 Å². The van der Waals surface area contributed by atoms with Gasteiger partial charge in [0.05, 0.1) is 30.4 Å². The van der Waals surface area contributed by atoms with E-state index in [1.807, 2.05) is 12.1 Å². The Morgan fingerprint density at radius 1 is 1.07 bits per heavy atom. The van der Waals surface area contributed by atoms with Crippen molar-refractivity contribution in [1.82, 2.24) is 24.8 Å². The maximum Gasteiger partial charge on any atom is 0.162 e. The highest BCUT2D eigenvalue weighted by atomic mass is 16.5. The molecule has 4 rings (SSSR count). The zero-order valence-electron chi connectivity index (χ0n) is 15.2. The number of fused-ring (bicyclic) bond motifs is 1. The van der Waals surface area contributed by atoms with Gasteiger partial charge in [0.15, 0.2) is 5.82 Å². The lowest BCUT2D eigenvalue weighted by atomic mass is 10.2. The van der Waals surface area contributed by atoms with Crippen LogP contribution in [-0.4, -0.2) is 70.9 Å². The molecule has 138 valence electrons. The summed E-state index contributed by atoms with van der Waals surface area (Å²) in [5, 5.41) is 8.19. The van der Waals surface area contributed by atoms with Gasteiger partial charge in [-0.1, -0.05) is 0 Å². The summed E-state index contributed by atoms with van der Waals surface area (Å²) in [5.74, 6) is 2.18. The van der Waals surface area contributed by atoms with Crippen molar-refractivity contribution in [1.29, 1.82) is 5.41 Å². The fourth-order valence-electron chi connectivity index (χ4n) is 3.32. The van der Waals surface area contributed by atoms with Crippen molar-refractivity contribution in [3.05, 3.63) is 36.9 Å². The average molecular weight is 363 g/mol.